The number of benzene rings is 1. The van der Waals surface area contributed by atoms with E-state index in [2.05, 4.69) is 5.32 Å². The van der Waals surface area contributed by atoms with Crippen LogP contribution in [0.2, 0.25) is 0 Å². The van der Waals surface area contributed by atoms with E-state index in [1.165, 1.54) is 20.8 Å². The molecule has 2 amide bonds. The highest BCUT2D eigenvalue weighted by Crippen LogP contribution is 2.26. The molecular weight excluding hydrogens is 417 g/mol. The van der Waals surface area contributed by atoms with Crippen molar-refractivity contribution in [2.45, 2.75) is 77.9 Å². The number of alkyl halides is 3. The molecule has 0 spiro atoms. The summed E-state index contributed by atoms with van der Waals surface area (Å²) in [5.41, 5.74) is -0.846. The van der Waals surface area contributed by atoms with Crippen molar-refractivity contribution in [2.75, 3.05) is 0 Å². The number of ketones is 1. The van der Waals surface area contributed by atoms with Gasteiger partial charge in [0.05, 0.1) is 12.0 Å². The predicted molar refractivity (Wildman–Crippen MR) is 107 cm³/mol. The highest BCUT2D eigenvalue weighted by atomic mass is 19.4. The van der Waals surface area contributed by atoms with Crippen molar-refractivity contribution in [3.63, 3.8) is 0 Å². The maximum Gasteiger partial charge on any atom is 0.391 e. The lowest BCUT2D eigenvalue weighted by Gasteiger charge is -2.32. The molecule has 174 valence electrons. The SMILES string of the molecule is CC(C)(C)Oc1ccc(CNC(=O)C(=O)C(CC(F)(F)F)N(C=O)OC(C)(C)C)cc1. The minimum absolute atomic E-state index is 0.0409. The molecule has 0 heterocycles. The summed E-state index contributed by atoms with van der Waals surface area (Å²) >= 11 is 0. The summed E-state index contributed by atoms with van der Waals surface area (Å²) < 4.78 is 44.6. The zero-order chi connectivity index (χ0) is 24.0. The third-order valence-electron chi connectivity index (χ3n) is 3.54. The van der Waals surface area contributed by atoms with Crippen LogP contribution in [0.4, 0.5) is 13.2 Å². The first-order valence-corrected chi connectivity index (χ1v) is 9.60. The van der Waals surface area contributed by atoms with E-state index in [0.717, 1.165) is 0 Å². The quantitative estimate of drug-likeness (QED) is 0.356. The second-order valence-corrected chi connectivity index (χ2v) is 8.91. The highest BCUT2D eigenvalue weighted by Gasteiger charge is 2.42. The van der Waals surface area contributed by atoms with Gasteiger partial charge in [-0.15, -0.1) is 0 Å². The lowest BCUT2D eigenvalue weighted by Crippen LogP contribution is -2.51. The Balaban J connectivity index is 2.87. The fourth-order valence-corrected chi connectivity index (χ4v) is 2.44. The van der Waals surface area contributed by atoms with E-state index in [1.807, 2.05) is 20.8 Å². The first kappa shape index (κ1) is 26.4. The summed E-state index contributed by atoms with van der Waals surface area (Å²) in [5.74, 6) is -2.08. The van der Waals surface area contributed by atoms with Crippen LogP contribution in [0.1, 0.15) is 53.5 Å². The third-order valence-corrected chi connectivity index (χ3v) is 3.54. The van der Waals surface area contributed by atoms with Gasteiger partial charge in [-0.2, -0.15) is 13.2 Å². The molecule has 1 unspecified atom stereocenters. The number of carbonyl (C=O) groups excluding carboxylic acids is 3. The van der Waals surface area contributed by atoms with E-state index < -0.39 is 41.5 Å². The molecule has 7 nitrogen and oxygen atoms in total. The van der Waals surface area contributed by atoms with Crippen molar-refractivity contribution in [3.05, 3.63) is 29.8 Å². The topological polar surface area (TPSA) is 84.9 Å². The van der Waals surface area contributed by atoms with Crippen LogP contribution in [0.3, 0.4) is 0 Å². The molecule has 0 aliphatic heterocycles. The maximum atomic E-state index is 13.0. The van der Waals surface area contributed by atoms with Gasteiger partial charge in [0.2, 0.25) is 12.2 Å². The number of hydrogen-bond acceptors (Lipinski definition) is 5. The fraction of sp³-hybridized carbons (Fsp3) is 0.571. The number of ether oxygens (including phenoxy) is 1. The molecule has 10 heteroatoms. The minimum Gasteiger partial charge on any atom is -0.488 e. The molecule has 0 fully saturated rings. The Morgan fingerprint density at radius 2 is 1.58 bits per heavy atom. The number of amides is 2. The monoisotopic (exact) mass is 446 g/mol. The van der Waals surface area contributed by atoms with Gasteiger partial charge in [0.25, 0.3) is 5.91 Å². The zero-order valence-electron chi connectivity index (χ0n) is 18.5. The van der Waals surface area contributed by atoms with Crippen LogP contribution in [0.15, 0.2) is 24.3 Å². The van der Waals surface area contributed by atoms with Gasteiger partial charge in [-0.3, -0.25) is 19.2 Å². The smallest absolute Gasteiger partial charge is 0.391 e. The summed E-state index contributed by atoms with van der Waals surface area (Å²) in [6.07, 6.45) is -6.56. The van der Waals surface area contributed by atoms with E-state index in [-0.39, 0.29) is 18.0 Å². The van der Waals surface area contributed by atoms with Gasteiger partial charge in [-0.05, 0) is 59.2 Å². The van der Waals surface area contributed by atoms with Crippen molar-refractivity contribution in [3.8, 4) is 5.75 Å². The molecule has 1 atom stereocenters. The Hall–Kier alpha value is -2.62. The molecule has 0 aromatic heterocycles. The molecule has 1 aromatic rings. The van der Waals surface area contributed by atoms with Crippen LogP contribution in [-0.2, 0) is 25.8 Å². The number of hydroxylamine groups is 2. The summed E-state index contributed by atoms with van der Waals surface area (Å²) in [5, 5.41) is 2.52. The van der Waals surface area contributed by atoms with Gasteiger partial charge in [0.1, 0.15) is 17.4 Å². The Labute approximate surface area is 179 Å². The summed E-state index contributed by atoms with van der Waals surface area (Å²) in [7, 11) is 0. The van der Waals surface area contributed by atoms with Gasteiger partial charge in [0.15, 0.2) is 0 Å². The Kier molecular flexibility index (Phi) is 8.63. The molecule has 0 saturated heterocycles. The molecule has 1 rings (SSSR count). The normalized spacial score (nSPS) is 13.3. The lowest BCUT2D eigenvalue weighted by atomic mass is 10.1. The van der Waals surface area contributed by atoms with E-state index in [4.69, 9.17) is 9.57 Å². The largest absolute Gasteiger partial charge is 0.488 e. The Morgan fingerprint density at radius 3 is 2.00 bits per heavy atom. The number of rotatable bonds is 9. The van der Waals surface area contributed by atoms with Crippen molar-refractivity contribution in [1.82, 2.24) is 10.4 Å². The van der Waals surface area contributed by atoms with Crippen molar-refractivity contribution >= 4 is 18.1 Å². The molecule has 31 heavy (non-hydrogen) atoms. The molecule has 0 bridgehead atoms. The number of Topliss-reactive ketones (excluding diaryl/α,β-unsaturated/α-hetero) is 1. The van der Waals surface area contributed by atoms with E-state index >= 15 is 0 Å². The van der Waals surface area contributed by atoms with E-state index in [1.54, 1.807) is 24.3 Å². The molecule has 0 aliphatic carbocycles. The number of nitrogens with zero attached hydrogens (tertiary/aromatic N) is 1. The van der Waals surface area contributed by atoms with Gasteiger partial charge < -0.3 is 10.1 Å². The maximum absolute atomic E-state index is 13.0. The molecule has 1 aromatic carbocycles. The first-order valence-electron chi connectivity index (χ1n) is 9.60. The van der Waals surface area contributed by atoms with Crippen LogP contribution in [0, 0.1) is 0 Å². The van der Waals surface area contributed by atoms with Crippen LogP contribution >= 0.6 is 0 Å². The summed E-state index contributed by atoms with van der Waals surface area (Å²) in [4.78, 5) is 41.1. The molecule has 0 aliphatic rings. The van der Waals surface area contributed by atoms with Gasteiger partial charge in [0, 0.05) is 6.54 Å². The fourth-order valence-electron chi connectivity index (χ4n) is 2.44. The van der Waals surface area contributed by atoms with Gasteiger partial charge >= 0.3 is 6.18 Å². The van der Waals surface area contributed by atoms with Crippen molar-refractivity contribution < 1.29 is 37.1 Å². The first-order chi connectivity index (χ1) is 14.0. The Bertz CT molecular complexity index is 765. The number of hydrogen-bond donors (Lipinski definition) is 1. The zero-order valence-corrected chi connectivity index (χ0v) is 18.5. The van der Waals surface area contributed by atoms with Gasteiger partial charge in [-0.1, -0.05) is 12.1 Å². The predicted octanol–water partition coefficient (Wildman–Crippen LogP) is 3.56. The van der Waals surface area contributed by atoms with Gasteiger partial charge in [-0.25, -0.2) is 5.06 Å². The van der Waals surface area contributed by atoms with Crippen LogP contribution in [-0.4, -0.2) is 46.6 Å². The second-order valence-electron chi connectivity index (χ2n) is 8.91. The van der Waals surface area contributed by atoms with Crippen LogP contribution in [0.5, 0.6) is 5.75 Å². The summed E-state index contributed by atoms with van der Waals surface area (Å²) in [6, 6.07) is 4.51. The standard InChI is InChI=1S/C21H29F3N2O5/c1-19(2,3)30-15-9-7-14(8-10-15)12-25-18(29)17(28)16(11-21(22,23)24)26(13-27)31-20(4,5)6/h7-10,13,16H,11-12H2,1-6H3,(H,25,29). The molecule has 0 radical (unpaired) electrons. The number of nitrogens with one attached hydrogen (secondary N) is 1. The molecule has 1 N–H and O–H groups in total. The van der Waals surface area contributed by atoms with Crippen molar-refractivity contribution in [2.24, 2.45) is 0 Å². The van der Waals surface area contributed by atoms with Crippen LogP contribution in [0.25, 0.3) is 0 Å². The minimum atomic E-state index is -4.80. The third kappa shape index (κ3) is 10.3. The lowest BCUT2D eigenvalue weighted by molar-refractivity contribution is -0.244. The Morgan fingerprint density at radius 1 is 1.03 bits per heavy atom. The average molecular weight is 446 g/mol. The molecule has 0 saturated carbocycles. The second kappa shape index (κ2) is 10.1. The van der Waals surface area contributed by atoms with Crippen LogP contribution < -0.4 is 10.1 Å². The van der Waals surface area contributed by atoms with E-state index in [0.29, 0.717) is 11.3 Å². The van der Waals surface area contributed by atoms with E-state index in [9.17, 15) is 27.6 Å². The average Bonchev–Trinajstić information content (AvgIpc) is 2.60. The number of halogens is 3. The molecular formula is C21H29F3N2O5. The van der Waals surface area contributed by atoms with Crippen molar-refractivity contribution in [1.29, 1.82) is 0 Å². The number of carbonyl (C=O) groups is 3. The summed E-state index contributed by atoms with van der Waals surface area (Å²) in [6.45, 7) is 10.0. The highest BCUT2D eigenvalue weighted by molar-refractivity contribution is 6.38.